The van der Waals surface area contributed by atoms with Gasteiger partial charge in [-0.05, 0) is 34.4 Å². The molecule has 4 aromatic rings. The summed E-state index contributed by atoms with van der Waals surface area (Å²) in [6.45, 7) is 0. The van der Waals surface area contributed by atoms with Crippen LogP contribution in [0.1, 0.15) is 11.1 Å². The summed E-state index contributed by atoms with van der Waals surface area (Å²) < 4.78 is 0. The second-order valence-corrected chi connectivity index (χ2v) is 6.44. The molecule has 0 aliphatic rings. The summed E-state index contributed by atoms with van der Waals surface area (Å²) >= 11 is 0. The second-order valence-electron chi connectivity index (χ2n) is 6.44. The first-order valence-electron chi connectivity index (χ1n) is 9.02. The number of hydrogen-bond acceptors (Lipinski definition) is 1. The van der Waals surface area contributed by atoms with E-state index in [-0.39, 0.29) is 0 Å². The van der Waals surface area contributed by atoms with Crippen LogP contribution >= 0.6 is 0 Å². The smallest absolute Gasteiger partial charge is 0.130 e. The molecule has 1 N–H and O–H groups in total. The number of phenols is 1. The molecule has 0 bridgehead atoms. The topological polar surface area (TPSA) is 20.2 Å². The molecule has 0 heterocycles. The highest BCUT2D eigenvalue weighted by Crippen LogP contribution is 2.37. The van der Waals surface area contributed by atoms with Crippen molar-refractivity contribution in [3.63, 3.8) is 0 Å². The average Bonchev–Trinajstić information content (AvgIpc) is 2.75. The van der Waals surface area contributed by atoms with E-state index >= 15 is 0 Å². The summed E-state index contributed by atoms with van der Waals surface area (Å²) in [4.78, 5) is 0. The van der Waals surface area contributed by atoms with Gasteiger partial charge in [-0.2, -0.15) is 0 Å². The molecule has 0 aliphatic heterocycles. The molecule has 4 rings (SSSR count). The fourth-order valence-corrected chi connectivity index (χ4v) is 3.17. The van der Waals surface area contributed by atoms with E-state index in [0.29, 0.717) is 5.75 Å². The Balaban J connectivity index is 1.86. The van der Waals surface area contributed by atoms with E-state index in [4.69, 9.17) is 0 Å². The number of rotatable bonds is 4. The number of benzene rings is 4. The Bertz CT molecular complexity index is 1050. The summed E-state index contributed by atoms with van der Waals surface area (Å²) in [5, 5.41) is 10.9. The summed E-state index contributed by atoms with van der Waals surface area (Å²) in [7, 11) is 0. The minimum absolute atomic E-state index is 0.299. The van der Waals surface area contributed by atoms with Crippen LogP contribution in [0.5, 0.6) is 5.75 Å². The van der Waals surface area contributed by atoms with E-state index in [1.165, 1.54) is 0 Å². The van der Waals surface area contributed by atoms with Crippen LogP contribution < -0.4 is 0 Å². The van der Waals surface area contributed by atoms with Crippen molar-refractivity contribution in [1.29, 1.82) is 0 Å². The van der Waals surface area contributed by atoms with Crippen molar-refractivity contribution < 1.29 is 5.11 Å². The Morgan fingerprint density at radius 2 is 1.07 bits per heavy atom. The molecule has 0 saturated carbocycles. The van der Waals surface area contributed by atoms with Crippen molar-refractivity contribution in [2.75, 3.05) is 0 Å². The minimum atomic E-state index is 0.299. The fourth-order valence-electron chi connectivity index (χ4n) is 3.17. The molecule has 1 heteroatoms. The first-order valence-corrected chi connectivity index (χ1v) is 9.02. The SMILES string of the molecule is Oc1c(C=Cc2ccccc2)cc(-c2ccccc2)cc1-c1ccccc1. The first-order chi connectivity index (χ1) is 13.3. The van der Waals surface area contributed by atoms with Crippen LogP contribution in [0.4, 0.5) is 0 Å². The van der Waals surface area contributed by atoms with Gasteiger partial charge in [-0.1, -0.05) is 103 Å². The molecule has 0 fully saturated rings. The molecule has 27 heavy (non-hydrogen) atoms. The van der Waals surface area contributed by atoms with Gasteiger partial charge in [-0.15, -0.1) is 0 Å². The van der Waals surface area contributed by atoms with Gasteiger partial charge in [0.05, 0.1) is 0 Å². The predicted molar refractivity (Wildman–Crippen MR) is 114 cm³/mol. The molecule has 0 unspecified atom stereocenters. The molecule has 0 aliphatic carbocycles. The summed E-state index contributed by atoms with van der Waals surface area (Å²) in [6.07, 6.45) is 4.00. The van der Waals surface area contributed by atoms with Gasteiger partial charge in [0.25, 0.3) is 0 Å². The third-order valence-corrected chi connectivity index (χ3v) is 4.59. The number of hydrogen-bond donors (Lipinski definition) is 1. The Labute approximate surface area is 159 Å². The quantitative estimate of drug-likeness (QED) is 0.398. The van der Waals surface area contributed by atoms with Crippen LogP contribution in [0.15, 0.2) is 103 Å². The highest BCUT2D eigenvalue weighted by atomic mass is 16.3. The van der Waals surface area contributed by atoms with Gasteiger partial charge >= 0.3 is 0 Å². The zero-order chi connectivity index (χ0) is 18.5. The second kappa shape index (κ2) is 7.76. The molecule has 0 spiro atoms. The van der Waals surface area contributed by atoms with Crippen molar-refractivity contribution >= 4 is 12.2 Å². The van der Waals surface area contributed by atoms with Gasteiger partial charge in [-0.3, -0.25) is 0 Å². The lowest BCUT2D eigenvalue weighted by Crippen LogP contribution is -1.87. The van der Waals surface area contributed by atoms with Crippen molar-refractivity contribution in [2.45, 2.75) is 0 Å². The van der Waals surface area contributed by atoms with Crippen LogP contribution in [0.2, 0.25) is 0 Å². The Kier molecular flexibility index (Phi) is 4.84. The number of phenolic OH excluding ortho intramolecular Hbond substituents is 1. The predicted octanol–water partition coefficient (Wildman–Crippen LogP) is 6.90. The van der Waals surface area contributed by atoms with Gasteiger partial charge in [-0.25, -0.2) is 0 Å². The molecule has 0 aromatic heterocycles. The van der Waals surface area contributed by atoms with Crippen LogP contribution in [0.3, 0.4) is 0 Å². The van der Waals surface area contributed by atoms with E-state index in [1.54, 1.807) is 0 Å². The Morgan fingerprint density at radius 1 is 0.519 bits per heavy atom. The van der Waals surface area contributed by atoms with Gasteiger partial charge in [0, 0.05) is 11.1 Å². The van der Waals surface area contributed by atoms with Crippen molar-refractivity contribution in [3.8, 4) is 28.0 Å². The van der Waals surface area contributed by atoms with Crippen molar-refractivity contribution in [3.05, 3.63) is 114 Å². The van der Waals surface area contributed by atoms with Crippen LogP contribution in [-0.4, -0.2) is 5.11 Å². The molecule has 1 nitrogen and oxygen atoms in total. The molecular formula is C26H20O. The third kappa shape index (κ3) is 3.83. The molecule has 130 valence electrons. The zero-order valence-electron chi connectivity index (χ0n) is 14.9. The standard InChI is InChI=1S/C26H20O/c27-26-23(17-16-20-10-4-1-5-11-20)18-24(21-12-6-2-7-13-21)19-25(26)22-14-8-3-9-15-22/h1-19,27H. The molecule has 0 radical (unpaired) electrons. The summed E-state index contributed by atoms with van der Waals surface area (Å²) in [5.74, 6) is 0.299. The van der Waals surface area contributed by atoms with E-state index in [0.717, 1.165) is 33.4 Å². The van der Waals surface area contributed by atoms with E-state index in [9.17, 15) is 5.11 Å². The van der Waals surface area contributed by atoms with Gasteiger partial charge in [0.1, 0.15) is 5.75 Å². The minimum Gasteiger partial charge on any atom is -0.507 e. The summed E-state index contributed by atoms with van der Waals surface area (Å²) in [5.41, 5.74) is 5.96. The van der Waals surface area contributed by atoms with Crippen LogP contribution in [-0.2, 0) is 0 Å². The zero-order valence-corrected chi connectivity index (χ0v) is 14.9. The molecule has 0 atom stereocenters. The lowest BCUT2D eigenvalue weighted by Gasteiger charge is -2.12. The average molecular weight is 348 g/mol. The van der Waals surface area contributed by atoms with E-state index in [1.807, 2.05) is 97.1 Å². The van der Waals surface area contributed by atoms with Crippen LogP contribution in [0.25, 0.3) is 34.4 Å². The normalized spacial score (nSPS) is 11.0. The molecular weight excluding hydrogens is 328 g/mol. The number of aromatic hydroxyl groups is 1. The van der Waals surface area contributed by atoms with Gasteiger partial charge < -0.3 is 5.11 Å². The highest BCUT2D eigenvalue weighted by molar-refractivity contribution is 5.85. The Hall–Kier alpha value is -3.58. The molecule has 4 aromatic carbocycles. The van der Waals surface area contributed by atoms with E-state index < -0.39 is 0 Å². The largest absolute Gasteiger partial charge is 0.507 e. The highest BCUT2D eigenvalue weighted by Gasteiger charge is 2.11. The van der Waals surface area contributed by atoms with E-state index in [2.05, 4.69) is 18.2 Å². The Morgan fingerprint density at radius 3 is 1.70 bits per heavy atom. The van der Waals surface area contributed by atoms with Gasteiger partial charge in [0.15, 0.2) is 0 Å². The maximum absolute atomic E-state index is 10.9. The molecule has 0 saturated heterocycles. The fraction of sp³-hybridized carbons (Fsp3) is 0. The maximum Gasteiger partial charge on any atom is 0.130 e. The van der Waals surface area contributed by atoms with Crippen molar-refractivity contribution in [2.24, 2.45) is 0 Å². The first kappa shape index (κ1) is 16.9. The monoisotopic (exact) mass is 348 g/mol. The van der Waals surface area contributed by atoms with Crippen molar-refractivity contribution in [1.82, 2.24) is 0 Å². The molecule has 0 amide bonds. The third-order valence-electron chi connectivity index (χ3n) is 4.59. The van der Waals surface area contributed by atoms with Crippen LogP contribution in [0, 0.1) is 0 Å². The maximum atomic E-state index is 10.9. The van der Waals surface area contributed by atoms with Gasteiger partial charge in [0.2, 0.25) is 0 Å². The lowest BCUT2D eigenvalue weighted by molar-refractivity contribution is 0.476. The lowest BCUT2D eigenvalue weighted by atomic mass is 9.94. The summed E-state index contributed by atoms with van der Waals surface area (Å²) in [6, 6.07) is 34.5.